The molecule has 3 rings (SSSR count). The molecule has 1 heterocycles. The van der Waals surface area contributed by atoms with Crippen molar-refractivity contribution >= 4 is 35.2 Å². The zero-order valence-electron chi connectivity index (χ0n) is 12.7. The molecule has 1 aliphatic heterocycles. The number of rotatable bonds is 3. The van der Waals surface area contributed by atoms with Crippen LogP contribution in [0.25, 0.3) is 0 Å². The van der Waals surface area contributed by atoms with Gasteiger partial charge >= 0.3 is 0 Å². The highest BCUT2D eigenvalue weighted by atomic mass is 35.5. The molecule has 0 amide bonds. The van der Waals surface area contributed by atoms with E-state index in [1.807, 2.05) is 12.1 Å². The summed E-state index contributed by atoms with van der Waals surface area (Å²) in [6.07, 6.45) is 0.561. The van der Waals surface area contributed by atoms with E-state index < -0.39 is 5.82 Å². The summed E-state index contributed by atoms with van der Waals surface area (Å²) in [5, 5.41) is 1.23. The van der Waals surface area contributed by atoms with Crippen LogP contribution in [0.3, 0.4) is 0 Å². The highest BCUT2D eigenvalue weighted by molar-refractivity contribution is 6.39. The average Bonchev–Trinajstić information content (AvgIpc) is 2.40. The molecule has 0 aromatic heterocycles. The second-order valence-electron chi connectivity index (χ2n) is 5.52. The molecule has 6 heteroatoms. The zero-order valence-corrected chi connectivity index (χ0v) is 14.2. The Morgan fingerprint density at radius 2 is 1.83 bits per heavy atom. The van der Waals surface area contributed by atoms with Gasteiger partial charge in [0.25, 0.3) is 0 Å². The van der Waals surface area contributed by atoms with Gasteiger partial charge in [-0.3, -0.25) is 4.79 Å². The number of anilines is 1. The van der Waals surface area contributed by atoms with Crippen LogP contribution in [-0.4, -0.2) is 19.4 Å². The van der Waals surface area contributed by atoms with Gasteiger partial charge in [-0.25, -0.2) is 4.39 Å². The third-order valence-electron chi connectivity index (χ3n) is 4.08. The summed E-state index contributed by atoms with van der Waals surface area (Å²) in [5.41, 5.74) is 2.53. The summed E-state index contributed by atoms with van der Waals surface area (Å²) in [6, 6.07) is 8.75. The summed E-state index contributed by atoms with van der Waals surface area (Å²) in [7, 11) is 0. The maximum Gasteiger partial charge on any atom is 0.153 e. The lowest BCUT2D eigenvalue weighted by Gasteiger charge is -2.42. The number of para-hydroxylation sites is 1. The number of carbonyl (C=O) groups excluding carboxylic acids is 1. The molecule has 0 radical (unpaired) electrons. The van der Waals surface area contributed by atoms with Gasteiger partial charge in [-0.1, -0.05) is 35.3 Å². The van der Waals surface area contributed by atoms with Crippen LogP contribution in [0.5, 0.6) is 0 Å². The van der Waals surface area contributed by atoms with Crippen molar-refractivity contribution in [3.63, 3.8) is 0 Å². The van der Waals surface area contributed by atoms with Crippen molar-refractivity contribution in [1.82, 2.24) is 6.15 Å². The first-order chi connectivity index (χ1) is 10.5. The minimum absolute atomic E-state index is 0. The minimum Gasteiger partial charge on any atom is -0.368 e. The van der Waals surface area contributed by atoms with Crippen molar-refractivity contribution in [2.45, 2.75) is 12.8 Å². The first kappa shape index (κ1) is 17.7. The maximum absolute atomic E-state index is 13.9. The topological polar surface area (TPSA) is 55.3 Å². The summed E-state index contributed by atoms with van der Waals surface area (Å²) >= 11 is 12.4. The SMILES string of the molecule is Cc1cc(C2CN(c3c(Cl)cccc3Cl)C2)cc(F)c1C=O.N. The van der Waals surface area contributed by atoms with Crippen LogP contribution in [0.15, 0.2) is 30.3 Å². The Balaban J connectivity index is 0.00000192. The van der Waals surface area contributed by atoms with E-state index in [1.54, 1.807) is 19.1 Å². The van der Waals surface area contributed by atoms with E-state index >= 15 is 0 Å². The summed E-state index contributed by atoms with van der Waals surface area (Å²) < 4.78 is 13.9. The largest absolute Gasteiger partial charge is 0.368 e. The summed E-state index contributed by atoms with van der Waals surface area (Å²) in [5.74, 6) is -0.250. The van der Waals surface area contributed by atoms with Crippen LogP contribution in [0, 0.1) is 12.7 Å². The second kappa shape index (κ2) is 6.87. The average molecular weight is 355 g/mol. The molecular formula is C17H17Cl2FN2O. The highest BCUT2D eigenvalue weighted by Gasteiger charge is 2.31. The van der Waals surface area contributed by atoms with Crippen LogP contribution >= 0.6 is 23.2 Å². The Hall–Kier alpha value is -1.62. The molecule has 2 aromatic rings. The fourth-order valence-electron chi connectivity index (χ4n) is 2.83. The number of halogens is 3. The Morgan fingerprint density at radius 3 is 2.35 bits per heavy atom. The Bertz CT molecular complexity index is 702. The van der Waals surface area contributed by atoms with Crippen LogP contribution < -0.4 is 11.1 Å². The van der Waals surface area contributed by atoms with Crippen LogP contribution in [-0.2, 0) is 0 Å². The van der Waals surface area contributed by atoms with Gasteiger partial charge in [0.1, 0.15) is 5.82 Å². The molecule has 23 heavy (non-hydrogen) atoms. The van der Waals surface area contributed by atoms with Gasteiger partial charge in [0.05, 0.1) is 21.3 Å². The number of hydrogen-bond acceptors (Lipinski definition) is 3. The van der Waals surface area contributed by atoms with E-state index in [9.17, 15) is 9.18 Å². The molecule has 2 aromatic carbocycles. The third-order valence-corrected chi connectivity index (χ3v) is 4.69. The molecule has 0 spiro atoms. The molecule has 122 valence electrons. The standard InChI is InChI=1S/C17H14Cl2FNO.H3N/c1-10-5-11(6-16(20)13(10)9-22)12-7-21(8-12)17-14(18)3-2-4-15(17)19;/h2-6,9,12H,7-8H2,1H3;1H3. The lowest BCUT2D eigenvalue weighted by atomic mass is 9.88. The minimum atomic E-state index is -0.459. The predicted molar refractivity (Wildman–Crippen MR) is 93.0 cm³/mol. The first-order valence-corrected chi connectivity index (χ1v) is 7.71. The van der Waals surface area contributed by atoms with Gasteiger partial charge in [-0.05, 0) is 36.2 Å². The maximum atomic E-state index is 13.9. The first-order valence-electron chi connectivity index (χ1n) is 6.95. The van der Waals surface area contributed by atoms with Crippen molar-refractivity contribution in [3.8, 4) is 0 Å². The molecule has 0 unspecified atom stereocenters. The van der Waals surface area contributed by atoms with E-state index in [0.717, 1.165) is 24.3 Å². The molecule has 1 aliphatic rings. The predicted octanol–water partition coefficient (Wildman–Crippen LogP) is 5.02. The van der Waals surface area contributed by atoms with E-state index in [2.05, 4.69) is 4.90 Å². The molecule has 1 fully saturated rings. The highest BCUT2D eigenvalue weighted by Crippen LogP contribution is 2.40. The van der Waals surface area contributed by atoms with Gasteiger partial charge in [0.15, 0.2) is 6.29 Å². The van der Waals surface area contributed by atoms with Crippen LogP contribution in [0.1, 0.15) is 27.4 Å². The van der Waals surface area contributed by atoms with Crippen molar-refractivity contribution in [1.29, 1.82) is 0 Å². The van der Waals surface area contributed by atoms with E-state index in [-0.39, 0.29) is 17.6 Å². The zero-order chi connectivity index (χ0) is 15.9. The Morgan fingerprint density at radius 1 is 1.22 bits per heavy atom. The molecule has 0 saturated carbocycles. The Labute approximate surface area is 144 Å². The van der Waals surface area contributed by atoms with E-state index in [4.69, 9.17) is 23.2 Å². The van der Waals surface area contributed by atoms with Gasteiger partial charge in [0, 0.05) is 19.0 Å². The smallest absolute Gasteiger partial charge is 0.153 e. The van der Waals surface area contributed by atoms with Crippen molar-refractivity contribution < 1.29 is 9.18 Å². The quantitative estimate of drug-likeness (QED) is 0.787. The molecule has 1 saturated heterocycles. The monoisotopic (exact) mass is 354 g/mol. The van der Waals surface area contributed by atoms with Crippen molar-refractivity contribution in [3.05, 3.63) is 62.9 Å². The van der Waals surface area contributed by atoms with Gasteiger partial charge in [-0.2, -0.15) is 0 Å². The molecule has 3 nitrogen and oxygen atoms in total. The number of hydrogen-bond donors (Lipinski definition) is 1. The number of carbonyl (C=O) groups is 1. The third kappa shape index (κ3) is 3.20. The molecule has 0 aliphatic carbocycles. The van der Waals surface area contributed by atoms with Gasteiger partial charge in [0.2, 0.25) is 0 Å². The van der Waals surface area contributed by atoms with Gasteiger partial charge in [-0.15, -0.1) is 0 Å². The molecule has 0 bridgehead atoms. The lowest BCUT2D eigenvalue weighted by Crippen LogP contribution is -2.45. The second-order valence-corrected chi connectivity index (χ2v) is 6.34. The van der Waals surface area contributed by atoms with Crippen LogP contribution in [0.4, 0.5) is 10.1 Å². The summed E-state index contributed by atoms with van der Waals surface area (Å²) in [6.45, 7) is 3.20. The van der Waals surface area contributed by atoms with Gasteiger partial charge < -0.3 is 11.1 Å². The lowest BCUT2D eigenvalue weighted by molar-refractivity contribution is 0.111. The van der Waals surface area contributed by atoms with Crippen molar-refractivity contribution in [2.24, 2.45) is 0 Å². The van der Waals surface area contributed by atoms with Crippen LogP contribution in [0.2, 0.25) is 10.0 Å². The number of aldehydes is 1. The van der Waals surface area contributed by atoms with E-state index in [0.29, 0.717) is 21.9 Å². The number of benzene rings is 2. The fraction of sp³-hybridized carbons (Fsp3) is 0.235. The molecular weight excluding hydrogens is 338 g/mol. The number of aryl methyl sites for hydroxylation is 1. The molecule has 0 atom stereocenters. The normalized spacial score (nSPS) is 14.2. The number of nitrogens with zero attached hydrogens (tertiary/aromatic N) is 1. The van der Waals surface area contributed by atoms with Crippen molar-refractivity contribution in [2.75, 3.05) is 18.0 Å². The molecule has 3 N–H and O–H groups in total. The Kier molecular flexibility index (Phi) is 5.30. The summed E-state index contributed by atoms with van der Waals surface area (Å²) in [4.78, 5) is 12.9. The fourth-order valence-corrected chi connectivity index (χ4v) is 3.47. The van der Waals surface area contributed by atoms with E-state index in [1.165, 1.54) is 6.07 Å².